The van der Waals surface area contributed by atoms with Gasteiger partial charge in [0.05, 0.1) is 33.4 Å². The van der Waals surface area contributed by atoms with Gasteiger partial charge in [-0.25, -0.2) is 15.0 Å². The van der Waals surface area contributed by atoms with Crippen molar-refractivity contribution in [3.63, 3.8) is 0 Å². The van der Waals surface area contributed by atoms with Crippen molar-refractivity contribution >= 4 is 43.6 Å². The van der Waals surface area contributed by atoms with E-state index in [0.29, 0.717) is 17.5 Å². The number of benzene rings is 7. The predicted molar refractivity (Wildman–Crippen MR) is 303 cm³/mol. The van der Waals surface area contributed by atoms with Crippen molar-refractivity contribution in [1.82, 2.24) is 29.1 Å². The third kappa shape index (κ3) is 8.26. The van der Waals surface area contributed by atoms with Crippen LogP contribution in [0.3, 0.4) is 0 Å². The average molecular weight is 941 g/mol. The summed E-state index contributed by atoms with van der Waals surface area (Å²) in [6.07, 6.45) is 3.98. The number of nitrogens with zero attached hydrogens (tertiary/aromatic N) is 6. The molecule has 6 heteroatoms. The Balaban J connectivity index is 1.24. The minimum atomic E-state index is -0.0465. The van der Waals surface area contributed by atoms with E-state index in [1.54, 1.807) is 0 Å². The summed E-state index contributed by atoms with van der Waals surface area (Å²) in [7, 11) is 0. The monoisotopic (exact) mass is 941 g/mol. The van der Waals surface area contributed by atoms with Crippen LogP contribution in [0.25, 0.3) is 100 Å². The van der Waals surface area contributed by atoms with Crippen LogP contribution in [0.5, 0.6) is 0 Å². The lowest BCUT2D eigenvalue weighted by atomic mass is 9.85. The van der Waals surface area contributed by atoms with Crippen LogP contribution in [-0.4, -0.2) is 29.1 Å². The Labute approximate surface area is 424 Å². The molecule has 0 N–H and O–H groups in total. The van der Waals surface area contributed by atoms with E-state index in [4.69, 9.17) is 19.9 Å². The molecule has 0 bridgehead atoms. The zero-order valence-electron chi connectivity index (χ0n) is 43.8. The maximum absolute atomic E-state index is 5.25. The van der Waals surface area contributed by atoms with Crippen molar-refractivity contribution in [2.45, 2.75) is 105 Å². The van der Waals surface area contributed by atoms with Gasteiger partial charge in [-0.05, 0) is 105 Å². The highest BCUT2D eigenvalue weighted by Crippen LogP contribution is 2.44. The molecule has 0 unspecified atom stereocenters. The van der Waals surface area contributed by atoms with Gasteiger partial charge in [0.2, 0.25) is 0 Å². The summed E-state index contributed by atoms with van der Waals surface area (Å²) in [5.74, 6) is 1.84. The van der Waals surface area contributed by atoms with Crippen LogP contribution in [0.2, 0.25) is 0 Å². The maximum atomic E-state index is 5.25. The Kier molecular flexibility index (Phi) is 11.0. The molecule has 7 aromatic carbocycles. The van der Waals surface area contributed by atoms with Crippen LogP contribution in [0.4, 0.5) is 0 Å². The Morgan fingerprint density at radius 2 is 0.681 bits per heavy atom. The van der Waals surface area contributed by atoms with E-state index in [0.717, 1.165) is 61.3 Å². The Morgan fingerprint density at radius 3 is 1.06 bits per heavy atom. The first-order valence-corrected chi connectivity index (χ1v) is 25.4. The average Bonchev–Trinajstić information content (AvgIpc) is 3.87. The molecule has 0 saturated carbocycles. The van der Waals surface area contributed by atoms with Gasteiger partial charge in [0, 0.05) is 61.8 Å². The third-order valence-electron chi connectivity index (χ3n) is 14.5. The number of fused-ring (bicyclic) bond motifs is 6. The Bertz CT molecular complexity index is 3680. The molecule has 0 spiro atoms. The fourth-order valence-corrected chi connectivity index (χ4v) is 10.2. The third-order valence-corrected chi connectivity index (χ3v) is 14.5. The van der Waals surface area contributed by atoms with Crippen molar-refractivity contribution in [3.05, 3.63) is 192 Å². The summed E-state index contributed by atoms with van der Waals surface area (Å²) in [4.78, 5) is 20.5. The van der Waals surface area contributed by atoms with Gasteiger partial charge < -0.3 is 9.13 Å². The lowest BCUT2D eigenvalue weighted by Crippen LogP contribution is -2.10. The second kappa shape index (κ2) is 17.0. The fourth-order valence-electron chi connectivity index (χ4n) is 10.2. The number of pyridine rings is 1. The zero-order chi connectivity index (χ0) is 50.5. The second-order valence-corrected chi connectivity index (χ2v) is 23.8. The van der Waals surface area contributed by atoms with Crippen LogP contribution >= 0.6 is 0 Å². The van der Waals surface area contributed by atoms with Gasteiger partial charge in [-0.3, -0.25) is 4.98 Å². The summed E-state index contributed by atoms with van der Waals surface area (Å²) < 4.78 is 4.92. The molecule has 11 rings (SSSR count). The first-order chi connectivity index (χ1) is 34.2. The van der Waals surface area contributed by atoms with Gasteiger partial charge in [-0.15, -0.1) is 0 Å². The van der Waals surface area contributed by atoms with Crippen LogP contribution in [0.1, 0.15) is 105 Å². The first-order valence-electron chi connectivity index (χ1n) is 25.4. The minimum absolute atomic E-state index is 0.0193. The lowest BCUT2D eigenvalue weighted by Gasteiger charge is -2.21. The van der Waals surface area contributed by atoms with Gasteiger partial charge in [0.15, 0.2) is 17.5 Å². The molecule has 0 aliphatic carbocycles. The van der Waals surface area contributed by atoms with Gasteiger partial charge >= 0.3 is 0 Å². The molecule has 4 heterocycles. The maximum Gasteiger partial charge on any atom is 0.164 e. The molecule has 6 nitrogen and oxygen atoms in total. The lowest BCUT2D eigenvalue weighted by molar-refractivity contribution is 0.590. The fraction of sp³-hybridized carbons (Fsp3) is 0.242. The van der Waals surface area contributed by atoms with E-state index in [2.05, 4.69) is 214 Å². The molecule has 0 atom stereocenters. The summed E-state index contributed by atoms with van der Waals surface area (Å²) in [6.45, 7) is 27.6. The zero-order valence-corrected chi connectivity index (χ0v) is 43.8. The topological polar surface area (TPSA) is 61.4 Å². The Hall–Kier alpha value is -7.70. The quantitative estimate of drug-likeness (QED) is 0.167. The minimum Gasteiger partial charge on any atom is -0.309 e. The number of rotatable bonds is 6. The molecule has 0 fully saturated rings. The van der Waals surface area contributed by atoms with Gasteiger partial charge in [-0.1, -0.05) is 180 Å². The molecule has 4 aromatic heterocycles. The molecule has 11 aromatic rings. The number of hydrogen-bond acceptors (Lipinski definition) is 4. The highest BCUT2D eigenvalue weighted by Gasteiger charge is 2.27. The van der Waals surface area contributed by atoms with Crippen LogP contribution in [-0.2, 0) is 21.7 Å². The summed E-state index contributed by atoms with van der Waals surface area (Å²) in [5, 5.41) is 4.92. The molecule has 72 heavy (non-hydrogen) atoms. The van der Waals surface area contributed by atoms with E-state index in [-0.39, 0.29) is 21.7 Å². The van der Waals surface area contributed by atoms with E-state index in [1.165, 1.54) is 43.8 Å². The smallest absolute Gasteiger partial charge is 0.164 e. The molecular formula is C66H64N6. The molecule has 0 aliphatic heterocycles. The molecule has 0 saturated heterocycles. The second-order valence-electron chi connectivity index (χ2n) is 23.8. The summed E-state index contributed by atoms with van der Waals surface area (Å²) >= 11 is 0. The van der Waals surface area contributed by atoms with E-state index < -0.39 is 0 Å². The van der Waals surface area contributed by atoms with Crippen molar-refractivity contribution in [2.75, 3.05) is 0 Å². The largest absolute Gasteiger partial charge is 0.309 e. The molecule has 0 aliphatic rings. The van der Waals surface area contributed by atoms with E-state index in [1.807, 2.05) is 48.8 Å². The van der Waals surface area contributed by atoms with E-state index >= 15 is 0 Å². The molecule has 0 amide bonds. The highest BCUT2D eigenvalue weighted by molar-refractivity contribution is 6.12. The molecular weight excluding hydrogens is 877 g/mol. The molecule has 358 valence electrons. The normalized spacial score (nSPS) is 12.7. The summed E-state index contributed by atoms with van der Waals surface area (Å²) in [5.41, 5.74) is 16.5. The van der Waals surface area contributed by atoms with Crippen molar-refractivity contribution in [1.29, 1.82) is 0 Å². The number of aromatic nitrogens is 6. The van der Waals surface area contributed by atoms with Gasteiger partial charge in [-0.2, -0.15) is 0 Å². The standard InChI is InChI=1S/C66H64N6/c1-63(2,3)44-24-29-54-49(36-44)50-37-45(64(4,5)6)25-30-55(50)71(54)58-33-34-67-40-53(58)48-28-23-43(62-69-60(41-19-15-13-16-20-41)68-61(70-62)42-21-17-14-18-22-42)35-59(48)72-56-31-26-46(65(7,8)9)38-51(56)52-39-47(66(10,11)12)27-32-57(52)72/h13-40H,1-12H3. The van der Waals surface area contributed by atoms with Crippen molar-refractivity contribution in [2.24, 2.45) is 0 Å². The highest BCUT2D eigenvalue weighted by atomic mass is 15.0. The van der Waals surface area contributed by atoms with Crippen LogP contribution < -0.4 is 0 Å². The van der Waals surface area contributed by atoms with Gasteiger partial charge in [0.1, 0.15) is 0 Å². The van der Waals surface area contributed by atoms with Crippen LogP contribution in [0.15, 0.2) is 170 Å². The summed E-state index contributed by atoms with van der Waals surface area (Å²) in [6, 6.07) is 57.5. The van der Waals surface area contributed by atoms with Gasteiger partial charge in [0.25, 0.3) is 0 Å². The Morgan fingerprint density at radius 1 is 0.319 bits per heavy atom. The molecule has 0 radical (unpaired) electrons. The SMILES string of the molecule is CC(C)(C)c1ccc2c(c1)c1cc(C(C)(C)C)ccc1n2-c1ccncc1-c1ccc(-c2nc(-c3ccccc3)nc(-c3ccccc3)n2)cc1-n1c2ccc(C(C)(C)C)cc2c2cc(C(C)(C)C)ccc21. The first kappa shape index (κ1) is 46.7. The van der Waals surface area contributed by atoms with Crippen molar-refractivity contribution in [3.8, 4) is 56.7 Å². The number of hydrogen-bond donors (Lipinski definition) is 0. The van der Waals surface area contributed by atoms with E-state index in [9.17, 15) is 0 Å². The van der Waals surface area contributed by atoms with Crippen LogP contribution in [0, 0.1) is 0 Å². The predicted octanol–water partition coefficient (Wildman–Crippen LogP) is 17.3. The van der Waals surface area contributed by atoms with Crippen molar-refractivity contribution < 1.29 is 0 Å².